The molecule has 0 saturated heterocycles. The van der Waals surface area contributed by atoms with Crippen molar-refractivity contribution in [2.45, 2.75) is 56.0 Å². The number of aromatic nitrogens is 4. The van der Waals surface area contributed by atoms with Crippen LogP contribution in [0.1, 0.15) is 49.7 Å². The molecule has 136 valence electrons. The van der Waals surface area contributed by atoms with Crippen molar-refractivity contribution in [3.8, 4) is 10.6 Å². The van der Waals surface area contributed by atoms with Crippen LogP contribution in [0, 0.1) is 12.7 Å². The fourth-order valence-corrected chi connectivity index (χ4v) is 5.32. The van der Waals surface area contributed by atoms with Crippen LogP contribution < -0.4 is 0 Å². The number of benzene rings is 1. The zero-order valence-electron chi connectivity index (χ0n) is 14.7. The molecule has 1 aliphatic carbocycles. The van der Waals surface area contributed by atoms with E-state index in [0.717, 1.165) is 33.0 Å². The van der Waals surface area contributed by atoms with Gasteiger partial charge in [0.2, 0.25) is 0 Å². The first-order valence-electron chi connectivity index (χ1n) is 8.95. The number of thiazole rings is 1. The molecule has 0 spiro atoms. The summed E-state index contributed by atoms with van der Waals surface area (Å²) in [7, 11) is 0. The summed E-state index contributed by atoms with van der Waals surface area (Å²) in [6.45, 7) is 2.04. The summed E-state index contributed by atoms with van der Waals surface area (Å²) in [5.41, 5.74) is 1.98. The first-order chi connectivity index (χ1) is 12.7. The van der Waals surface area contributed by atoms with Crippen LogP contribution in [-0.4, -0.2) is 19.7 Å². The highest BCUT2D eigenvalue weighted by molar-refractivity contribution is 7.98. The fourth-order valence-electron chi connectivity index (χ4n) is 3.44. The molecule has 0 amide bonds. The van der Waals surface area contributed by atoms with Crippen molar-refractivity contribution in [3.05, 3.63) is 47.0 Å². The topological polar surface area (TPSA) is 43.6 Å². The maximum absolute atomic E-state index is 13.1. The van der Waals surface area contributed by atoms with E-state index in [-0.39, 0.29) is 5.82 Å². The highest BCUT2D eigenvalue weighted by Crippen LogP contribution is 2.34. The van der Waals surface area contributed by atoms with Crippen LogP contribution in [0.5, 0.6) is 0 Å². The summed E-state index contributed by atoms with van der Waals surface area (Å²) in [6, 6.07) is 7.02. The third-order valence-electron chi connectivity index (χ3n) is 4.77. The Hall–Kier alpha value is -1.73. The molecule has 0 radical (unpaired) electrons. The van der Waals surface area contributed by atoms with Gasteiger partial charge < -0.3 is 4.57 Å². The van der Waals surface area contributed by atoms with E-state index in [0.29, 0.717) is 6.04 Å². The van der Waals surface area contributed by atoms with Gasteiger partial charge in [0.25, 0.3) is 0 Å². The van der Waals surface area contributed by atoms with Crippen molar-refractivity contribution in [1.82, 2.24) is 19.7 Å². The lowest BCUT2D eigenvalue weighted by molar-refractivity contribution is 0.332. The van der Waals surface area contributed by atoms with Gasteiger partial charge in [-0.05, 0) is 44.0 Å². The molecular formula is C19H21FN4S2. The predicted octanol–water partition coefficient (Wildman–Crippen LogP) is 5.65. The van der Waals surface area contributed by atoms with Crippen molar-refractivity contribution >= 4 is 23.1 Å². The van der Waals surface area contributed by atoms with Gasteiger partial charge in [-0.15, -0.1) is 21.5 Å². The third-order valence-corrected chi connectivity index (χ3v) is 6.68. The second-order valence-electron chi connectivity index (χ2n) is 6.63. The molecule has 0 unspecified atom stereocenters. The summed E-state index contributed by atoms with van der Waals surface area (Å²) in [4.78, 5) is 4.69. The number of thioether (sulfide) groups is 1. The minimum atomic E-state index is -0.224. The Balaban J connectivity index is 1.46. The Kier molecular flexibility index (Phi) is 5.36. The molecule has 4 rings (SSSR count). The normalized spacial score (nSPS) is 15.5. The summed E-state index contributed by atoms with van der Waals surface area (Å²) >= 11 is 3.29. The largest absolute Gasteiger partial charge is 0.303 e. The molecule has 0 N–H and O–H groups in total. The van der Waals surface area contributed by atoms with Gasteiger partial charge in [0, 0.05) is 22.7 Å². The van der Waals surface area contributed by atoms with E-state index in [9.17, 15) is 4.39 Å². The van der Waals surface area contributed by atoms with Crippen LogP contribution in [0.2, 0.25) is 0 Å². The Labute approximate surface area is 160 Å². The van der Waals surface area contributed by atoms with Gasteiger partial charge >= 0.3 is 0 Å². The van der Waals surface area contributed by atoms with E-state index in [1.54, 1.807) is 35.2 Å². The number of hydrogen-bond acceptors (Lipinski definition) is 5. The van der Waals surface area contributed by atoms with Crippen molar-refractivity contribution < 1.29 is 4.39 Å². The first kappa shape index (κ1) is 17.7. The van der Waals surface area contributed by atoms with Crippen molar-refractivity contribution in [2.75, 3.05) is 0 Å². The Morgan fingerprint density at radius 3 is 2.69 bits per heavy atom. The minimum Gasteiger partial charge on any atom is -0.303 e. The molecule has 0 atom stereocenters. The fraction of sp³-hybridized carbons (Fsp3) is 0.421. The van der Waals surface area contributed by atoms with Crippen LogP contribution in [0.15, 0.2) is 34.8 Å². The molecular weight excluding hydrogens is 367 g/mol. The Morgan fingerprint density at radius 2 is 1.92 bits per heavy atom. The molecule has 3 aromatic rings. The number of rotatable bonds is 5. The summed E-state index contributed by atoms with van der Waals surface area (Å²) in [5, 5.41) is 12.7. The average Bonchev–Trinajstić information content (AvgIpc) is 3.28. The summed E-state index contributed by atoms with van der Waals surface area (Å²) < 4.78 is 15.4. The van der Waals surface area contributed by atoms with Crippen molar-refractivity contribution in [1.29, 1.82) is 0 Å². The molecule has 7 heteroatoms. The standard InChI is InChI=1S/C19H21FN4S2/c1-13-22-23-19(24(13)17-5-3-2-4-6-17)26-12-16-11-25-18(21-16)14-7-9-15(20)10-8-14/h7-11,17H,2-6,12H2,1H3. The average molecular weight is 389 g/mol. The van der Waals surface area contributed by atoms with Crippen LogP contribution in [0.3, 0.4) is 0 Å². The SMILES string of the molecule is Cc1nnc(SCc2csc(-c3ccc(F)cc3)n2)n1C1CCCCC1. The molecule has 4 nitrogen and oxygen atoms in total. The molecule has 1 fully saturated rings. The van der Waals surface area contributed by atoms with E-state index in [2.05, 4.69) is 20.1 Å². The van der Waals surface area contributed by atoms with E-state index < -0.39 is 0 Å². The number of nitrogens with zero attached hydrogens (tertiary/aromatic N) is 4. The highest BCUT2D eigenvalue weighted by atomic mass is 32.2. The van der Waals surface area contributed by atoms with Gasteiger partial charge in [-0.25, -0.2) is 9.37 Å². The second-order valence-corrected chi connectivity index (χ2v) is 8.43. The van der Waals surface area contributed by atoms with Crippen molar-refractivity contribution in [3.63, 3.8) is 0 Å². The van der Waals surface area contributed by atoms with E-state index in [4.69, 9.17) is 4.98 Å². The second kappa shape index (κ2) is 7.88. The van der Waals surface area contributed by atoms with Crippen LogP contribution >= 0.6 is 23.1 Å². The number of aryl methyl sites for hydroxylation is 1. The molecule has 1 aromatic carbocycles. The van der Waals surface area contributed by atoms with Gasteiger partial charge in [0.1, 0.15) is 16.6 Å². The number of halogens is 1. The molecule has 0 aliphatic heterocycles. The van der Waals surface area contributed by atoms with E-state index in [1.807, 2.05) is 6.92 Å². The minimum absolute atomic E-state index is 0.224. The quantitative estimate of drug-likeness (QED) is 0.530. The molecule has 0 bridgehead atoms. The van der Waals surface area contributed by atoms with E-state index >= 15 is 0 Å². The van der Waals surface area contributed by atoms with Gasteiger partial charge in [-0.2, -0.15) is 0 Å². The van der Waals surface area contributed by atoms with Gasteiger partial charge in [-0.1, -0.05) is 31.0 Å². The first-order valence-corrected chi connectivity index (χ1v) is 10.8. The maximum Gasteiger partial charge on any atom is 0.191 e. The summed E-state index contributed by atoms with van der Waals surface area (Å²) in [5.74, 6) is 1.55. The Bertz CT molecular complexity index is 866. The molecule has 26 heavy (non-hydrogen) atoms. The van der Waals surface area contributed by atoms with Crippen LogP contribution in [0.25, 0.3) is 10.6 Å². The highest BCUT2D eigenvalue weighted by Gasteiger charge is 2.21. The maximum atomic E-state index is 13.1. The molecule has 2 aromatic heterocycles. The summed E-state index contributed by atoms with van der Waals surface area (Å²) in [6.07, 6.45) is 6.36. The third kappa shape index (κ3) is 3.83. The predicted molar refractivity (Wildman–Crippen MR) is 104 cm³/mol. The zero-order valence-corrected chi connectivity index (χ0v) is 16.3. The molecule has 2 heterocycles. The lowest BCUT2D eigenvalue weighted by atomic mass is 9.95. The smallest absolute Gasteiger partial charge is 0.191 e. The lowest BCUT2D eigenvalue weighted by Crippen LogP contribution is -2.15. The Morgan fingerprint density at radius 1 is 1.15 bits per heavy atom. The van der Waals surface area contributed by atoms with E-state index in [1.165, 1.54) is 44.2 Å². The molecule has 1 saturated carbocycles. The molecule has 1 aliphatic rings. The van der Waals surface area contributed by atoms with Crippen molar-refractivity contribution in [2.24, 2.45) is 0 Å². The lowest BCUT2D eigenvalue weighted by Gasteiger charge is -2.24. The zero-order chi connectivity index (χ0) is 17.9. The monoisotopic (exact) mass is 388 g/mol. The van der Waals surface area contributed by atoms with Gasteiger partial charge in [0.15, 0.2) is 5.16 Å². The van der Waals surface area contributed by atoms with Gasteiger partial charge in [-0.3, -0.25) is 0 Å². The van der Waals surface area contributed by atoms with Gasteiger partial charge in [0.05, 0.1) is 5.69 Å². The van der Waals surface area contributed by atoms with Crippen LogP contribution in [0.4, 0.5) is 4.39 Å². The number of hydrogen-bond donors (Lipinski definition) is 0. The van der Waals surface area contributed by atoms with Crippen LogP contribution in [-0.2, 0) is 5.75 Å².